The van der Waals surface area contributed by atoms with Gasteiger partial charge in [0.05, 0.1) is 11.7 Å². The molecule has 0 bridgehead atoms. The van der Waals surface area contributed by atoms with Crippen molar-refractivity contribution in [2.24, 2.45) is 0 Å². The molecule has 1 unspecified atom stereocenters. The molecule has 2 aromatic carbocycles. The van der Waals surface area contributed by atoms with Crippen LogP contribution in [-0.4, -0.2) is 11.7 Å². The van der Waals surface area contributed by atoms with Crippen molar-refractivity contribution in [1.82, 2.24) is 5.32 Å². The Bertz CT molecular complexity index is 595. The Morgan fingerprint density at radius 2 is 1.67 bits per heavy atom. The van der Waals surface area contributed by atoms with Gasteiger partial charge in [0.15, 0.2) is 0 Å². The lowest BCUT2D eigenvalue weighted by Crippen LogP contribution is -2.26. The maximum Gasteiger partial charge on any atom is 0.131 e. The van der Waals surface area contributed by atoms with Crippen LogP contribution in [0, 0.1) is 18.6 Å². The molecular weight excluding hydrogens is 272 g/mol. The van der Waals surface area contributed by atoms with Gasteiger partial charge < -0.3 is 10.4 Å². The van der Waals surface area contributed by atoms with Gasteiger partial charge >= 0.3 is 0 Å². The molecule has 2 N–H and O–H groups in total. The molecule has 2 rings (SSSR count). The molecule has 0 aromatic heterocycles. The van der Waals surface area contributed by atoms with Gasteiger partial charge in [-0.3, -0.25) is 0 Å². The molecule has 0 aliphatic carbocycles. The molecule has 2 atom stereocenters. The zero-order valence-corrected chi connectivity index (χ0v) is 12.1. The summed E-state index contributed by atoms with van der Waals surface area (Å²) in [4.78, 5) is 0. The predicted molar refractivity (Wildman–Crippen MR) is 78.9 cm³/mol. The smallest absolute Gasteiger partial charge is 0.131 e. The first kappa shape index (κ1) is 15.6. The average Bonchev–Trinajstić information content (AvgIpc) is 2.45. The van der Waals surface area contributed by atoms with Crippen LogP contribution in [-0.2, 0) is 0 Å². The van der Waals surface area contributed by atoms with Gasteiger partial charge in [-0.1, -0.05) is 30.3 Å². The highest BCUT2D eigenvalue weighted by Gasteiger charge is 2.18. The Kier molecular flexibility index (Phi) is 5.04. The molecule has 112 valence electrons. The van der Waals surface area contributed by atoms with Crippen molar-refractivity contribution in [1.29, 1.82) is 0 Å². The van der Waals surface area contributed by atoms with Gasteiger partial charge in [0.25, 0.3) is 0 Å². The lowest BCUT2D eigenvalue weighted by molar-refractivity contribution is 0.161. The summed E-state index contributed by atoms with van der Waals surface area (Å²) in [5, 5.41) is 13.1. The van der Waals surface area contributed by atoms with E-state index < -0.39 is 17.7 Å². The average molecular weight is 291 g/mol. The molecule has 2 nitrogen and oxygen atoms in total. The van der Waals surface area contributed by atoms with E-state index in [1.54, 1.807) is 0 Å². The second-order valence-electron chi connectivity index (χ2n) is 5.14. The van der Waals surface area contributed by atoms with Crippen LogP contribution in [0.2, 0.25) is 0 Å². The first-order valence-electron chi connectivity index (χ1n) is 6.91. The van der Waals surface area contributed by atoms with E-state index >= 15 is 0 Å². The van der Waals surface area contributed by atoms with Crippen molar-refractivity contribution in [3.05, 3.63) is 70.8 Å². The van der Waals surface area contributed by atoms with Crippen molar-refractivity contribution in [3.8, 4) is 0 Å². The lowest BCUT2D eigenvalue weighted by Gasteiger charge is -2.19. The van der Waals surface area contributed by atoms with Crippen LogP contribution >= 0.6 is 0 Å². The van der Waals surface area contributed by atoms with Crippen LogP contribution in [0.25, 0.3) is 0 Å². The van der Waals surface area contributed by atoms with E-state index in [0.717, 1.165) is 23.3 Å². The van der Waals surface area contributed by atoms with Crippen molar-refractivity contribution in [3.63, 3.8) is 0 Å². The maximum atomic E-state index is 13.6. The summed E-state index contributed by atoms with van der Waals surface area (Å²) in [6.45, 7) is 4.03. The molecule has 0 fully saturated rings. The minimum atomic E-state index is -1.22. The summed E-state index contributed by atoms with van der Waals surface area (Å²) < 4.78 is 27.2. The number of aliphatic hydroxyl groups excluding tert-OH is 1. The van der Waals surface area contributed by atoms with Gasteiger partial charge in [-0.05, 0) is 37.1 Å². The molecule has 21 heavy (non-hydrogen) atoms. The monoisotopic (exact) mass is 291 g/mol. The highest BCUT2D eigenvalue weighted by molar-refractivity contribution is 5.28. The fraction of sp³-hybridized carbons (Fsp3) is 0.294. The highest BCUT2D eigenvalue weighted by Crippen LogP contribution is 2.22. The number of nitrogens with one attached hydrogen (secondary N) is 1. The molecule has 0 radical (unpaired) electrons. The van der Waals surface area contributed by atoms with E-state index in [2.05, 4.69) is 5.32 Å². The number of benzene rings is 2. The summed E-state index contributed by atoms with van der Waals surface area (Å²) >= 11 is 0. The van der Waals surface area contributed by atoms with E-state index in [1.165, 1.54) is 6.07 Å². The largest absolute Gasteiger partial charge is 0.387 e. The SMILES string of the molecule is Cc1ccccc1[C@H](C)NCC(O)c1c(F)cccc1F. The fourth-order valence-corrected chi connectivity index (χ4v) is 2.40. The van der Waals surface area contributed by atoms with Crippen molar-refractivity contribution in [2.45, 2.75) is 26.0 Å². The van der Waals surface area contributed by atoms with E-state index in [1.807, 2.05) is 38.1 Å². The third kappa shape index (κ3) is 3.65. The predicted octanol–water partition coefficient (Wildman–Crippen LogP) is 3.66. The first-order valence-corrected chi connectivity index (χ1v) is 6.91. The molecular formula is C17H19F2NO. The van der Waals surface area contributed by atoms with Gasteiger partial charge in [0.2, 0.25) is 0 Å². The fourth-order valence-electron chi connectivity index (χ4n) is 2.40. The summed E-state index contributed by atoms with van der Waals surface area (Å²) in [7, 11) is 0. The highest BCUT2D eigenvalue weighted by atomic mass is 19.1. The quantitative estimate of drug-likeness (QED) is 0.881. The summed E-state index contributed by atoms with van der Waals surface area (Å²) in [6, 6.07) is 11.4. The van der Waals surface area contributed by atoms with Crippen molar-refractivity contribution < 1.29 is 13.9 Å². The first-order chi connectivity index (χ1) is 10.0. The normalized spacial score (nSPS) is 14.0. The number of rotatable bonds is 5. The number of hydrogen-bond acceptors (Lipinski definition) is 2. The molecule has 0 heterocycles. The van der Waals surface area contributed by atoms with Crippen molar-refractivity contribution >= 4 is 0 Å². The standard InChI is InChI=1S/C17H19F2NO/c1-11-6-3-4-7-13(11)12(2)20-10-16(21)17-14(18)8-5-9-15(17)19/h3-9,12,16,20-21H,10H2,1-2H3/t12-,16?/m0/s1. The van der Waals surface area contributed by atoms with E-state index in [9.17, 15) is 13.9 Å². The molecule has 0 amide bonds. The summed E-state index contributed by atoms with van der Waals surface area (Å²) in [5.74, 6) is -1.46. The van der Waals surface area contributed by atoms with Gasteiger partial charge in [0.1, 0.15) is 11.6 Å². The second kappa shape index (κ2) is 6.78. The van der Waals surface area contributed by atoms with Gasteiger partial charge in [-0.25, -0.2) is 8.78 Å². The minimum absolute atomic E-state index is 0.0179. The molecule has 0 spiro atoms. The summed E-state index contributed by atoms with van der Waals surface area (Å²) in [6.07, 6.45) is -1.22. The number of halogens is 2. The van der Waals surface area contributed by atoms with E-state index in [0.29, 0.717) is 0 Å². The maximum absolute atomic E-state index is 13.6. The van der Waals surface area contributed by atoms with Gasteiger partial charge in [-0.15, -0.1) is 0 Å². The third-order valence-electron chi connectivity index (χ3n) is 3.61. The zero-order valence-electron chi connectivity index (χ0n) is 12.1. The molecule has 0 aliphatic rings. The van der Waals surface area contributed by atoms with Crippen LogP contribution < -0.4 is 5.32 Å². The van der Waals surface area contributed by atoms with Crippen molar-refractivity contribution in [2.75, 3.05) is 6.54 Å². The van der Waals surface area contributed by atoms with Crippen LogP contribution in [0.15, 0.2) is 42.5 Å². The summed E-state index contributed by atoms with van der Waals surface area (Å²) in [5.41, 5.74) is 1.93. The minimum Gasteiger partial charge on any atom is -0.387 e. The van der Waals surface area contributed by atoms with Crippen LogP contribution in [0.1, 0.15) is 35.8 Å². The number of aliphatic hydroxyl groups is 1. The molecule has 0 saturated carbocycles. The number of hydrogen-bond donors (Lipinski definition) is 2. The molecule has 4 heteroatoms. The Hall–Kier alpha value is -1.78. The Balaban J connectivity index is 2.04. The van der Waals surface area contributed by atoms with Crippen LogP contribution in [0.4, 0.5) is 8.78 Å². The van der Waals surface area contributed by atoms with Gasteiger partial charge in [-0.2, -0.15) is 0 Å². The Morgan fingerprint density at radius 1 is 1.05 bits per heavy atom. The van der Waals surface area contributed by atoms with Crippen LogP contribution in [0.5, 0.6) is 0 Å². The molecule has 0 aliphatic heterocycles. The van der Waals surface area contributed by atoms with Gasteiger partial charge in [0, 0.05) is 12.6 Å². The topological polar surface area (TPSA) is 32.3 Å². The number of aryl methyl sites for hydroxylation is 1. The van der Waals surface area contributed by atoms with Crippen LogP contribution in [0.3, 0.4) is 0 Å². The lowest BCUT2D eigenvalue weighted by atomic mass is 10.0. The van der Waals surface area contributed by atoms with E-state index in [4.69, 9.17) is 0 Å². The third-order valence-corrected chi connectivity index (χ3v) is 3.61. The Labute approximate surface area is 123 Å². The second-order valence-corrected chi connectivity index (χ2v) is 5.14. The molecule has 0 saturated heterocycles. The Morgan fingerprint density at radius 3 is 2.29 bits per heavy atom. The zero-order chi connectivity index (χ0) is 15.4. The molecule has 2 aromatic rings. The van der Waals surface area contributed by atoms with E-state index in [-0.39, 0.29) is 18.2 Å².